The van der Waals surface area contributed by atoms with Crippen LogP contribution in [0.2, 0.25) is 0 Å². The van der Waals surface area contributed by atoms with Gasteiger partial charge in [-0.15, -0.1) is 0 Å². The van der Waals surface area contributed by atoms with E-state index in [0.717, 1.165) is 0 Å². The molecule has 0 spiro atoms. The van der Waals surface area contributed by atoms with E-state index in [1.165, 1.54) is 6.08 Å². The third-order valence-corrected chi connectivity index (χ3v) is 1.09. The average Bonchev–Trinajstić information content (AvgIpc) is 1.89. The predicted octanol–water partition coefficient (Wildman–Crippen LogP) is -6.64. The van der Waals surface area contributed by atoms with Crippen molar-refractivity contribution in [2.75, 3.05) is 0 Å². The Hall–Kier alpha value is 1.45. The maximum atomic E-state index is 9.09. The van der Waals surface area contributed by atoms with Gasteiger partial charge in [0.25, 0.3) is 0 Å². The normalized spacial score (nSPS) is 11.1. The summed E-state index contributed by atoms with van der Waals surface area (Å²) in [5.74, 6) is 0. The average molecular weight is 227 g/mol. The number of hydrogen-bond donors (Lipinski definition) is 0. The van der Waals surface area contributed by atoms with Gasteiger partial charge in [0, 0.05) is 26.3 Å². The van der Waals surface area contributed by atoms with Crippen LogP contribution in [0.4, 0.5) is 0 Å². The van der Waals surface area contributed by atoms with Gasteiger partial charge in [0.05, 0.1) is 6.07 Å². The largest absolute Gasteiger partial charge is 1.00 e. The maximum Gasteiger partial charge on any atom is 1.00 e. The molecule has 0 saturated carbocycles. The monoisotopic (exact) mass is 227 g/mol. The van der Waals surface area contributed by atoms with Crippen molar-refractivity contribution in [3.63, 3.8) is 0 Å². The van der Waals surface area contributed by atoms with Gasteiger partial charge < -0.3 is 9.11 Å². The van der Waals surface area contributed by atoms with E-state index in [-0.39, 0.29) is 59.1 Å². The molecule has 12 heavy (non-hydrogen) atoms. The Balaban J connectivity index is -0.0000000483. The van der Waals surface area contributed by atoms with E-state index in [4.69, 9.17) is 22.8 Å². The van der Waals surface area contributed by atoms with Crippen LogP contribution >= 0.6 is 0 Å². The third-order valence-electron chi connectivity index (χ3n) is 0.202. The maximum absolute atomic E-state index is 9.09. The molecule has 0 aliphatic rings. The van der Waals surface area contributed by atoms with Crippen LogP contribution in [0.25, 0.3) is 0 Å². The number of nitrogens with zero attached hydrogens (tertiary/aromatic N) is 1. The molecule has 0 heterocycles. The van der Waals surface area contributed by atoms with Crippen LogP contribution in [0.15, 0.2) is 12.7 Å². The van der Waals surface area contributed by atoms with Gasteiger partial charge in [-0.2, -0.15) is 5.26 Å². The van der Waals surface area contributed by atoms with E-state index in [1.54, 1.807) is 6.07 Å². The first-order chi connectivity index (χ1) is 4.56. The Kier molecular flexibility index (Phi) is 35.6. The van der Waals surface area contributed by atoms with E-state index in [1.807, 2.05) is 0 Å². The molecule has 0 N–H and O–H groups in total. The van der Waals surface area contributed by atoms with Crippen LogP contribution in [-0.4, -0.2) is 17.5 Å². The summed E-state index contributed by atoms with van der Waals surface area (Å²) in [7, 11) is -5.90. The Morgan fingerprint density at radius 2 is 1.42 bits per heavy atom. The molecule has 2 atom stereocenters. The van der Waals surface area contributed by atoms with E-state index in [0.29, 0.717) is 0 Å². The molecule has 0 aliphatic carbocycles. The second-order valence-electron chi connectivity index (χ2n) is 0.741. The minimum absolute atomic E-state index is 0. The molecule has 0 aliphatic heterocycles. The number of hydrogen-bond acceptors (Lipinski definition) is 5. The van der Waals surface area contributed by atoms with Crippen molar-refractivity contribution in [2.45, 2.75) is 0 Å². The van der Waals surface area contributed by atoms with Gasteiger partial charge in [-0.1, -0.05) is 6.58 Å². The molecule has 9 heteroatoms. The molecule has 0 rings (SSSR count). The molecule has 58 valence electrons. The van der Waals surface area contributed by atoms with Crippen molar-refractivity contribution < 1.29 is 76.6 Å². The van der Waals surface area contributed by atoms with E-state index >= 15 is 0 Å². The Bertz CT molecular complexity index is 179. The van der Waals surface area contributed by atoms with Gasteiger partial charge in [0.1, 0.15) is 0 Å². The number of allylic oxidation sites excluding steroid dienone is 1. The minimum atomic E-state index is -2.95. The van der Waals surface area contributed by atoms with Gasteiger partial charge in [-0.25, -0.2) is 0 Å². The summed E-state index contributed by atoms with van der Waals surface area (Å²) in [5, 5.41) is 7.51. The molecule has 0 aromatic carbocycles. The molecule has 0 aromatic heterocycles. The first-order valence-corrected chi connectivity index (χ1v) is 4.42. The van der Waals surface area contributed by atoms with Crippen molar-refractivity contribution in [3.8, 4) is 6.07 Å². The fourth-order valence-electron chi connectivity index (χ4n) is 0. The Morgan fingerprint density at radius 3 is 1.42 bits per heavy atom. The molecule has 0 fully saturated rings. The quantitative estimate of drug-likeness (QED) is 0.192. The molecule has 0 saturated heterocycles. The molecule has 0 amide bonds. The fraction of sp³-hybridized carbons (Fsp3) is 0. The van der Waals surface area contributed by atoms with Gasteiger partial charge in [-0.05, 0) is 0 Å². The van der Waals surface area contributed by atoms with Crippen molar-refractivity contribution in [2.24, 2.45) is 0 Å². The van der Waals surface area contributed by atoms with Crippen LogP contribution in [0, 0.1) is 11.3 Å². The minimum Gasteiger partial charge on any atom is -0.763 e. The summed E-state index contributed by atoms with van der Waals surface area (Å²) in [4.78, 5) is 0. The number of rotatable bonds is 1. The topological polar surface area (TPSA) is 104 Å². The van der Waals surface area contributed by atoms with Crippen LogP contribution in [0.3, 0.4) is 0 Å². The molecule has 0 radical (unpaired) electrons. The van der Waals surface area contributed by atoms with Crippen LogP contribution in [-0.2, 0) is 20.2 Å². The first kappa shape index (κ1) is 23.3. The van der Waals surface area contributed by atoms with Crippen molar-refractivity contribution >= 4 is 20.2 Å². The van der Waals surface area contributed by atoms with Crippen LogP contribution < -0.4 is 59.1 Å². The Labute approximate surface area is 119 Å². The Morgan fingerprint density at radius 1 is 1.25 bits per heavy atom. The standard InChI is InChI=1S/C3H3N.2Na.H2O4S2/c1-2-3-4;;;1-5(2)6(3)4/h2H,1H2;;;(H,1,2)(H,3,4)/q;2*+1;/p-2. The first-order valence-electron chi connectivity index (χ1n) is 1.75. The summed E-state index contributed by atoms with van der Waals surface area (Å²) in [6.07, 6.45) is 1.18. The smallest absolute Gasteiger partial charge is 0.763 e. The summed E-state index contributed by atoms with van der Waals surface area (Å²) >= 11 is 0. The van der Waals surface area contributed by atoms with Gasteiger partial charge in [0.15, 0.2) is 0 Å². The number of nitriles is 1. The molecule has 5 nitrogen and oxygen atoms in total. The van der Waals surface area contributed by atoms with Gasteiger partial charge >= 0.3 is 59.1 Å². The van der Waals surface area contributed by atoms with Crippen LogP contribution in [0.1, 0.15) is 0 Å². The molecule has 0 bridgehead atoms. The van der Waals surface area contributed by atoms with E-state index in [9.17, 15) is 0 Å². The summed E-state index contributed by atoms with van der Waals surface area (Å²) in [6.45, 7) is 3.12. The summed E-state index contributed by atoms with van der Waals surface area (Å²) in [6, 6.07) is 1.69. The SMILES string of the molecule is C=CC#N.O=S([O-])S(=O)[O-].[Na+].[Na+]. The van der Waals surface area contributed by atoms with Crippen molar-refractivity contribution in [3.05, 3.63) is 12.7 Å². The second-order valence-corrected chi connectivity index (χ2v) is 3.19. The van der Waals surface area contributed by atoms with Gasteiger partial charge in [-0.3, -0.25) is 8.42 Å². The van der Waals surface area contributed by atoms with Crippen LogP contribution in [0.5, 0.6) is 0 Å². The zero-order valence-corrected chi connectivity index (χ0v) is 12.3. The zero-order chi connectivity index (χ0) is 8.57. The summed E-state index contributed by atoms with van der Waals surface area (Å²) in [5.41, 5.74) is 0. The molecular formula is C3H3NNa2O4S2. The summed E-state index contributed by atoms with van der Waals surface area (Å²) < 4.78 is 36.3. The predicted molar refractivity (Wildman–Crippen MR) is 33.6 cm³/mol. The van der Waals surface area contributed by atoms with E-state index < -0.39 is 20.2 Å². The van der Waals surface area contributed by atoms with Gasteiger partial charge in [0.2, 0.25) is 0 Å². The third kappa shape index (κ3) is 30.1. The molecule has 2 unspecified atom stereocenters. The molecule has 0 aromatic rings. The second kappa shape index (κ2) is 18.3. The van der Waals surface area contributed by atoms with Crippen molar-refractivity contribution in [1.82, 2.24) is 0 Å². The fourth-order valence-corrected chi connectivity index (χ4v) is 0. The van der Waals surface area contributed by atoms with E-state index in [2.05, 4.69) is 6.58 Å². The zero-order valence-electron chi connectivity index (χ0n) is 6.68. The molecular weight excluding hydrogens is 224 g/mol. The van der Waals surface area contributed by atoms with Crippen molar-refractivity contribution in [1.29, 1.82) is 5.26 Å².